The largest absolute Gasteiger partial charge is 0.354 e. The molecule has 0 saturated heterocycles. The van der Waals surface area contributed by atoms with Crippen LogP contribution >= 0.6 is 11.3 Å². The first-order valence-corrected chi connectivity index (χ1v) is 7.51. The fourth-order valence-electron chi connectivity index (χ4n) is 1.91. The summed E-state index contributed by atoms with van der Waals surface area (Å²) in [5, 5.41) is 5.86. The number of nitrogens with zero attached hydrogens (tertiary/aromatic N) is 1. The summed E-state index contributed by atoms with van der Waals surface area (Å²) in [4.78, 5) is 16.2. The van der Waals surface area contributed by atoms with Crippen molar-refractivity contribution in [1.29, 1.82) is 0 Å². The van der Waals surface area contributed by atoms with Crippen LogP contribution in [0.4, 0.5) is 0 Å². The van der Waals surface area contributed by atoms with Gasteiger partial charge in [-0.1, -0.05) is 37.3 Å². The van der Waals surface area contributed by atoms with Gasteiger partial charge in [-0.15, -0.1) is 11.3 Å². The minimum absolute atomic E-state index is 0.114. The quantitative estimate of drug-likeness (QED) is 0.854. The summed E-state index contributed by atoms with van der Waals surface area (Å²) in [5.41, 5.74) is 7.00. The summed E-state index contributed by atoms with van der Waals surface area (Å²) in [7, 11) is 0. The predicted molar refractivity (Wildman–Crippen MR) is 81.7 cm³/mol. The van der Waals surface area contributed by atoms with Crippen LogP contribution in [0.2, 0.25) is 0 Å². The highest BCUT2D eigenvalue weighted by Gasteiger charge is 2.16. The molecule has 2 rings (SSSR count). The van der Waals surface area contributed by atoms with Crippen LogP contribution in [0.3, 0.4) is 0 Å². The highest BCUT2D eigenvalue weighted by atomic mass is 32.1. The zero-order valence-corrected chi connectivity index (χ0v) is 12.3. The van der Waals surface area contributed by atoms with Gasteiger partial charge >= 0.3 is 0 Å². The van der Waals surface area contributed by atoms with Gasteiger partial charge in [0.2, 0.25) is 5.91 Å². The van der Waals surface area contributed by atoms with E-state index in [-0.39, 0.29) is 11.8 Å². The van der Waals surface area contributed by atoms with Gasteiger partial charge in [-0.05, 0) is 12.0 Å². The van der Waals surface area contributed by atoms with Crippen molar-refractivity contribution in [3.8, 4) is 0 Å². The summed E-state index contributed by atoms with van der Waals surface area (Å²) >= 11 is 1.60. The maximum absolute atomic E-state index is 12.0. The highest BCUT2D eigenvalue weighted by molar-refractivity contribution is 7.09. The first-order valence-electron chi connectivity index (χ1n) is 6.63. The van der Waals surface area contributed by atoms with Crippen LogP contribution in [0.15, 0.2) is 41.9 Å². The summed E-state index contributed by atoms with van der Waals surface area (Å²) < 4.78 is 0. The molecule has 0 fully saturated rings. The minimum Gasteiger partial charge on any atom is -0.354 e. The highest BCUT2D eigenvalue weighted by Crippen LogP contribution is 2.16. The van der Waals surface area contributed by atoms with E-state index in [1.165, 1.54) is 0 Å². The number of hydrogen-bond donors (Lipinski definition) is 2. The summed E-state index contributed by atoms with van der Waals surface area (Å²) in [5.74, 6) is 0.0973. The van der Waals surface area contributed by atoms with E-state index in [2.05, 4.69) is 10.3 Å². The molecule has 0 aliphatic heterocycles. The molecule has 0 aliphatic rings. The Morgan fingerprint density at radius 1 is 1.40 bits per heavy atom. The molecule has 0 aliphatic carbocycles. The number of nitrogens with one attached hydrogen (secondary N) is 1. The van der Waals surface area contributed by atoms with Crippen molar-refractivity contribution in [3.05, 3.63) is 52.5 Å². The van der Waals surface area contributed by atoms with Gasteiger partial charge in [0.1, 0.15) is 0 Å². The summed E-state index contributed by atoms with van der Waals surface area (Å²) in [6.45, 7) is 2.61. The molecule has 2 aromatic rings. The van der Waals surface area contributed by atoms with Crippen LogP contribution < -0.4 is 11.1 Å². The monoisotopic (exact) mass is 289 g/mol. The fraction of sp³-hybridized carbons (Fsp3) is 0.333. The third kappa shape index (κ3) is 4.15. The Morgan fingerprint density at radius 2 is 2.15 bits per heavy atom. The molecular weight excluding hydrogens is 270 g/mol. The van der Waals surface area contributed by atoms with Crippen LogP contribution in [0.25, 0.3) is 0 Å². The Bertz CT molecular complexity index is 527. The van der Waals surface area contributed by atoms with Gasteiger partial charge in [-0.25, -0.2) is 4.98 Å². The van der Waals surface area contributed by atoms with Crippen molar-refractivity contribution < 1.29 is 4.79 Å². The Hall–Kier alpha value is -1.72. The molecule has 1 heterocycles. The van der Waals surface area contributed by atoms with Gasteiger partial charge in [0, 0.05) is 24.0 Å². The van der Waals surface area contributed by atoms with Crippen molar-refractivity contribution in [2.24, 2.45) is 5.73 Å². The molecule has 5 heteroatoms. The first kappa shape index (κ1) is 14.7. The normalized spacial score (nSPS) is 13.7. The lowest BCUT2D eigenvalue weighted by atomic mass is 10.1. The maximum atomic E-state index is 12.0. The second-order valence-corrected chi connectivity index (χ2v) is 5.74. The van der Waals surface area contributed by atoms with Crippen LogP contribution in [-0.2, 0) is 11.2 Å². The molecule has 0 spiro atoms. The topological polar surface area (TPSA) is 68.0 Å². The molecule has 0 saturated carbocycles. The molecule has 106 valence electrons. The lowest BCUT2D eigenvalue weighted by Crippen LogP contribution is -2.43. The van der Waals surface area contributed by atoms with Crippen molar-refractivity contribution in [2.75, 3.05) is 6.54 Å². The predicted octanol–water partition coefficient (Wildman–Crippen LogP) is 1.93. The molecule has 0 bridgehead atoms. The number of aromatic nitrogens is 1. The van der Waals surface area contributed by atoms with Crippen LogP contribution in [-0.4, -0.2) is 23.5 Å². The second kappa shape index (κ2) is 7.17. The molecule has 1 aromatic carbocycles. The number of amides is 1. The number of benzene rings is 1. The van der Waals surface area contributed by atoms with Gasteiger partial charge < -0.3 is 11.1 Å². The first-order chi connectivity index (χ1) is 9.66. The lowest BCUT2D eigenvalue weighted by Gasteiger charge is -2.14. The maximum Gasteiger partial charge on any atom is 0.237 e. The standard InChI is InChI=1S/C15H19N3OS/c1-11(15-17-7-8-20-15)10-18-14(19)13(16)9-12-5-3-2-4-6-12/h2-8,11,13H,9-10,16H2,1H3,(H,18,19)/t11?,13-/m1/s1. The van der Waals surface area contributed by atoms with Gasteiger partial charge in [0.25, 0.3) is 0 Å². The summed E-state index contributed by atoms with van der Waals surface area (Å²) in [6, 6.07) is 9.29. The number of nitrogens with two attached hydrogens (primary N) is 1. The van der Waals surface area contributed by atoms with Gasteiger partial charge in [-0.3, -0.25) is 4.79 Å². The molecule has 4 nitrogen and oxygen atoms in total. The van der Waals surface area contributed by atoms with E-state index in [1.807, 2.05) is 42.6 Å². The molecule has 3 N–H and O–H groups in total. The number of thiazole rings is 1. The Kier molecular flexibility index (Phi) is 5.26. The van der Waals surface area contributed by atoms with Gasteiger partial charge in [0.15, 0.2) is 0 Å². The third-order valence-electron chi connectivity index (χ3n) is 3.09. The number of rotatable bonds is 6. The molecule has 1 unspecified atom stereocenters. The number of carbonyl (C=O) groups is 1. The van der Waals surface area contributed by atoms with E-state index in [1.54, 1.807) is 17.5 Å². The average molecular weight is 289 g/mol. The number of carbonyl (C=O) groups excluding carboxylic acids is 1. The van der Waals surface area contributed by atoms with E-state index in [0.717, 1.165) is 10.6 Å². The smallest absolute Gasteiger partial charge is 0.237 e. The fourth-order valence-corrected chi connectivity index (χ4v) is 2.61. The van der Waals surface area contributed by atoms with E-state index in [9.17, 15) is 4.79 Å². The zero-order chi connectivity index (χ0) is 14.4. The minimum atomic E-state index is -0.513. The molecule has 2 atom stereocenters. The second-order valence-electron chi connectivity index (χ2n) is 4.81. The van der Waals surface area contributed by atoms with Crippen molar-refractivity contribution in [2.45, 2.75) is 25.3 Å². The van der Waals surface area contributed by atoms with Crippen LogP contribution in [0.1, 0.15) is 23.4 Å². The molecule has 1 amide bonds. The molecular formula is C15H19N3OS. The van der Waals surface area contributed by atoms with Crippen LogP contribution in [0, 0.1) is 0 Å². The SMILES string of the molecule is CC(CNC(=O)[C@H](N)Cc1ccccc1)c1nccs1. The zero-order valence-electron chi connectivity index (χ0n) is 11.5. The lowest BCUT2D eigenvalue weighted by molar-refractivity contribution is -0.122. The Morgan fingerprint density at radius 3 is 2.80 bits per heavy atom. The summed E-state index contributed by atoms with van der Waals surface area (Å²) in [6.07, 6.45) is 2.33. The van der Waals surface area contributed by atoms with E-state index in [4.69, 9.17) is 5.73 Å². The average Bonchev–Trinajstić information content (AvgIpc) is 2.99. The third-order valence-corrected chi connectivity index (χ3v) is 4.10. The Labute approximate surface area is 123 Å². The van der Waals surface area contributed by atoms with Crippen molar-refractivity contribution in [1.82, 2.24) is 10.3 Å². The molecule has 20 heavy (non-hydrogen) atoms. The number of hydrogen-bond acceptors (Lipinski definition) is 4. The Balaban J connectivity index is 1.79. The van der Waals surface area contributed by atoms with E-state index in [0.29, 0.717) is 13.0 Å². The van der Waals surface area contributed by atoms with E-state index >= 15 is 0 Å². The van der Waals surface area contributed by atoms with Crippen molar-refractivity contribution >= 4 is 17.2 Å². The van der Waals surface area contributed by atoms with Crippen molar-refractivity contribution in [3.63, 3.8) is 0 Å². The van der Waals surface area contributed by atoms with Gasteiger partial charge in [-0.2, -0.15) is 0 Å². The van der Waals surface area contributed by atoms with Gasteiger partial charge in [0.05, 0.1) is 11.0 Å². The molecule has 0 radical (unpaired) electrons. The molecule has 1 aromatic heterocycles. The van der Waals surface area contributed by atoms with E-state index < -0.39 is 6.04 Å². The van der Waals surface area contributed by atoms with Crippen LogP contribution in [0.5, 0.6) is 0 Å².